The lowest BCUT2D eigenvalue weighted by Crippen LogP contribution is -2.50. The molecule has 3 rings (SSSR count). The number of benzene rings is 1. The summed E-state index contributed by atoms with van der Waals surface area (Å²) in [5.74, 6) is 2.94. The van der Waals surface area contributed by atoms with Crippen molar-refractivity contribution in [3.8, 4) is 5.75 Å². The van der Waals surface area contributed by atoms with Crippen molar-refractivity contribution in [2.45, 2.75) is 56.4 Å². The minimum absolute atomic E-state index is 0.181. The molecule has 27 heavy (non-hydrogen) atoms. The summed E-state index contributed by atoms with van der Waals surface area (Å²) in [5, 5.41) is 7.23. The van der Waals surface area contributed by atoms with Gasteiger partial charge in [-0.3, -0.25) is 4.99 Å². The van der Waals surface area contributed by atoms with Gasteiger partial charge < -0.3 is 20.1 Å². The summed E-state index contributed by atoms with van der Waals surface area (Å²) < 4.78 is 12.0. The molecule has 1 fully saturated rings. The summed E-state index contributed by atoms with van der Waals surface area (Å²) in [6, 6.07) is 8.47. The van der Waals surface area contributed by atoms with Crippen LogP contribution in [0.2, 0.25) is 0 Å². The summed E-state index contributed by atoms with van der Waals surface area (Å²) in [4.78, 5) is 4.49. The van der Waals surface area contributed by atoms with E-state index >= 15 is 0 Å². The lowest BCUT2D eigenvalue weighted by atomic mass is 9.90. The predicted molar refractivity (Wildman–Crippen MR) is 114 cm³/mol. The standard InChI is InChI=1S/C21H33N3O2S/c1-5-27-21(10-12-25-13-11-21)15-23-19(22-4)24-17-14-20(2,3)26-18-9-7-6-8-16(17)18/h6-9,17H,5,10-15H2,1-4H3,(H2,22,23,24). The van der Waals surface area contributed by atoms with Crippen LogP contribution in [0.15, 0.2) is 29.3 Å². The zero-order valence-electron chi connectivity index (χ0n) is 17.0. The highest BCUT2D eigenvalue weighted by Gasteiger charge is 2.35. The highest BCUT2D eigenvalue weighted by atomic mass is 32.2. The molecule has 2 heterocycles. The van der Waals surface area contributed by atoms with Crippen LogP contribution in [0.1, 0.15) is 51.6 Å². The van der Waals surface area contributed by atoms with Gasteiger partial charge in [-0.2, -0.15) is 11.8 Å². The SMILES string of the molecule is CCSC1(CNC(=NC)NC2CC(C)(C)Oc3ccccc32)CCOCC1. The van der Waals surface area contributed by atoms with Gasteiger partial charge in [-0.25, -0.2) is 0 Å². The van der Waals surface area contributed by atoms with E-state index in [2.05, 4.69) is 54.6 Å². The van der Waals surface area contributed by atoms with Crippen molar-refractivity contribution in [2.24, 2.45) is 4.99 Å². The summed E-state index contributed by atoms with van der Waals surface area (Å²) in [6.07, 6.45) is 3.07. The lowest BCUT2D eigenvalue weighted by molar-refractivity contribution is 0.0691. The number of para-hydroxylation sites is 1. The number of ether oxygens (including phenoxy) is 2. The van der Waals surface area contributed by atoms with Crippen molar-refractivity contribution < 1.29 is 9.47 Å². The molecule has 2 aliphatic rings. The molecule has 1 atom stereocenters. The second-order valence-corrected chi connectivity index (χ2v) is 9.69. The second-order valence-electron chi connectivity index (χ2n) is 7.95. The van der Waals surface area contributed by atoms with Gasteiger partial charge in [0.25, 0.3) is 0 Å². The fourth-order valence-electron chi connectivity index (χ4n) is 3.96. The van der Waals surface area contributed by atoms with Gasteiger partial charge in [-0.1, -0.05) is 25.1 Å². The number of guanidine groups is 1. The van der Waals surface area contributed by atoms with E-state index in [1.54, 1.807) is 0 Å². The van der Waals surface area contributed by atoms with E-state index in [-0.39, 0.29) is 16.4 Å². The quantitative estimate of drug-likeness (QED) is 0.591. The van der Waals surface area contributed by atoms with Gasteiger partial charge >= 0.3 is 0 Å². The summed E-state index contributed by atoms with van der Waals surface area (Å²) in [5.41, 5.74) is 0.994. The highest BCUT2D eigenvalue weighted by Crippen LogP contribution is 2.39. The highest BCUT2D eigenvalue weighted by molar-refractivity contribution is 8.00. The molecule has 0 spiro atoms. The molecule has 2 N–H and O–H groups in total. The molecule has 5 nitrogen and oxygen atoms in total. The topological polar surface area (TPSA) is 54.9 Å². The van der Waals surface area contributed by atoms with Crippen molar-refractivity contribution >= 4 is 17.7 Å². The maximum absolute atomic E-state index is 6.15. The lowest BCUT2D eigenvalue weighted by Gasteiger charge is -2.39. The summed E-state index contributed by atoms with van der Waals surface area (Å²) in [6.45, 7) is 9.12. The third-order valence-electron chi connectivity index (χ3n) is 5.34. The van der Waals surface area contributed by atoms with Gasteiger partial charge in [-0.15, -0.1) is 0 Å². The van der Waals surface area contributed by atoms with Gasteiger partial charge in [0.2, 0.25) is 0 Å². The number of nitrogens with zero attached hydrogens (tertiary/aromatic N) is 1. The Morgan fingerprint density at radius 2 is 2.00 bits per heavy atom. The Hall–Kier alpha value is -1.40. The number of thioether (sulfide) groups is 1. The molecule has 6 heteroatoms. The zero-order chi connectivity index (χ0) is 19.3. The first kappa shape index (κ1) is 20.3. The van der Waals surface area contributed by atoms with E-state index in [9.17, 15) is 0 Å². The van der Waals surface area contributed by atoms with E-state index in [4.69, 9.17) is 9.47 Å². The molecule has 0 bridgehead atoms. The van der Waals surface area contributed by atoms with Crippen molar-refractivity contribution in [2.75, 3.05) is 32.6 Å². The third kappa shape index (κ3) is 5.11. The van der Waals surface area contributed by atoms with Gasteiger partial charge in [0.15, 0.2) is 5.96 Å². The largest absolute Gasteiger partial charge is 0.487 e. The molecule has 0 aliphatic carbocycles. The van der Waals surface area contributed by atoms with Gasteiger partial charge in [-0.05, 0) is 38.5 Å². The number of rotatable bonds is 5. The summed E-state index contributed by atoms with van der Waals surface area (Å²) >= 11 is 2.04. The van der Waals surface area contributed by atoms with Crippen molar-refractivity contribution in [3.05, 3.63) is 29.8 Å². The maximum atomic E-state index is 6.15. The smallest absolute Gasteiger partial charge is 0.191 e. The van der Waals surface area contributed by atoms with Gasteiger partial charge in [0.1, 0.15) is 11.4 Å². The monoisotopic (exact) mass is 391 g/mol. The molecule has 0 aromatic heterocycles. The molecule has 1 aromatic carbocycles. The van der Waals surface area contributed by atoms with E-state index in [1.807, 2.05) is 24.9 Å². The Bertz CT molecular complexity index is 651. The second kappa shape index (κ2) is 8.74. The predicted octanol–water partition coefficient (Wildman–Crippen LogP) is 3.76. The van der Waals surface area contributed by atoms with Crippen LogP contribution < -0.4 is 15.4 Å². The van der Waals surface area contributed by atoms with Crippen molar-refractivity contribution in [3.63, 3.8) is 0 Å². The molecular weight excluding hydrogens is 358 g/mol. The summed E-state index contributed by atoms with van der Waals surface area (Å²) in [7, 11) is 1.84. The van der Waals surface area contributed by atoms with E-state index in [0.717, 1.165) is 56.5 Å². The molecule has 0 saturated carbocycles. The number of hydrogen-bond acceptors (Lipinski definition) is 4. The van der Waals surface area contributed by atoms with E-state index in [1.165, 1.54) is 5.56 Å². The molecule has 1 unspecified atom stereocenters. The Kier molecular flexibility index (Phi) is 6.58. The van der Waals surface area contributed by atoms with Crippen LogP contribution in [-0.2, 0) is 4.74 Å². The average molecular weight is 392 g/mol. The van der Waals surface area contributed by atoms with Crippen LogP contribution in [0, 0.1) is 0 Å². The molecular formula is C21H33N3O2S. The van der Waals surface area contributed by atoms with Crippen molar-refractivity contribution in [1.29, 1.82) is 0 Å². The fourth-order valence-corrected chi connectivity index (χ4v) is 5.20. The first-order chi connectivity index (χ1) is 13.0. The van der Waals surface area contributed by atoms with Crippen molar-refractivity contribution in [1.82, 2.24) is 10.6 Å². The van der Waals surface area contributed by atoms with Crippen LogP contribution in [0.25, 0.3) is 0 Å². The molecule has 1 saturated heterocycles. The molecule has 150 valence electrons. The first-order valence-electron chi connectivity index (χ1n) is 9.94. The number of hydrogen-bond donors (Lipinski definition) is 2. The Labute approximate surface area is 167 Å². The minimum atomic E-state index is -0.204. The fraction of sp³-hybridized carbons (Fsp3) is 0.667. The Morgan fingerprint density at radius 1 is 1.26 bits per heavy atom. The molecule has 0 amide bonds. The minimum Gasteiger partial charge on any atom is -0.487 e. The van der Waals surface area contributed by atoms with E-state index < -0.39 is 0 Å². The average Bonchev–Trinajstić information content (AvgIpc) is 2.65. The molecule has 0 radical (unpaired) electrons. The van der Waals surface area contributed by atoms with Gasteiger partial charge in [0.05, 0.1) is 6.04 Å². The molecule has 1 aromatic rings. The number of fused-ring (bicyclic) bond motifs is 1. The maximum Gasteiger partial charge on any atom is 0.191 e. The number of nitrogens with one attached hydrogen (secondary N) is 2. The van der Waals surface area contributed by atoms with Crippen LogP contribution in [-0.4, -0.2) is 48.9 Å². The Morgan fingerprint density at radius 3 is 2.70 bits per heavy atom. The zero-order valence-corrected chi connectivity index (χ0v) is 17.8. The van der Waals surface area contributed by atoms with Crippen LogP contribution in [0.4, 0.5) is 0 Å². The first-order valence-corrected chi connectivity index (χ1v) is 10.9. The van der Waals surface area contributed by atoms with Crippen LogP contribution in [0.5, 0.6) is 5.75 Å². The molecule has 2 aliphatic heterocycles. The number of aliphatic imine (C=N–C) groups is 1. The van der Waals surface area contributed by atoms with Crippen LogP contribution in [0.3, 0.4) is 0 Å². The van der Waals surface area contributed by atoms with Crippen LogP contribution >= 0.6 is 11.8 Å². The van der Waals surface area contributed by atoms with E-state index in [0.29, 0.717) is 0 Å². The Balaban J connectivity index is 1.68. The van der Waals surface area contributed by atoms with Gasteiger partial charge in [0, 0.05) is 43.5 Å². The third-order valence-corrected chi connectivity index (χ3v) is 6.80. The normalized spacial score (nSPS) is 23.9.